The molecule has 21 heavy (non-hydrogen) atoms. The van der Waals surface area contributed by atoms with E-state index in [1.807, 2.05) is 0 Å². The Morgan fingerprint density at radius 3 is 2.76 bits per heavy atom. The monoisotopic (exact) mass is 322 g/mol. The summed E-state index contributed by atoms with van der Waals surface area (Å²) >= 11 is 12.2. The van der Waals surface area contributed by atoms with Crippen LogP contribution in [0, 0.1) is 5.95 Å². The first-order chi connectivity index (χ1) is 10.1. The van der Waals surface area contributed by atoms with Crippen molar-refractivity contribution in [1.29, 1.82) is 0 Å². The lowest BCUT2D eigenvalue weighted by Crippen LogP contribution is -2.05. The third-order valence-corrected chi connectivity index (χ3v) is 3.66. The number of halogens is 3. The molecule has 0 saturated heterocycles. The average molecular weight is 323 g/mol. The summed E-state index contributed by atoms with van der Waals surface area (Å²) in [5.74, 6) is -0.0552. The number of aromatic nitrogens is 5. The van der Waals surface area contributed by atoms with Gasteiger partial charge in [-0.3, -0.25) is 0 Å². The molecule has 2 heterocycles. The predicted octanol–water partition coefficient (Wildman–Crippen LogP) is 3.23. The van der Waals surface area contributed by atoms with Crippen molar-refractivity contribution in [3.8, 4) is 11.4 Å². The molecule has 0 aliphatic rings. The molecule has 0 aliphatic heterocycles. The van der Waals surface area contributed by atoms with Crippen molar-refractivity contribution in [2.75, 3.05) is 0 Å². The van der Waals surface area contributed by atoms with Gasteiger partial charge in [0.2, 0.25) is 5.95 Å². The topological polar surface area (TPSA) is 56.5 Å². The van der Waals surface area contributed by atoms with Crippen LogP contribution in [0.1, 0.15) is 5.56 Å². The Morgan fingerprint density at radius 2 is 2.00 bits per heavy atom. The van der Waals surface area contributed by atoms with E-state index in [1.54, 1.807) is 28.9 Å². The van der Waals surface area contributed by atoms with Gasteiger partial charge in [-0.25, -0.2) is 9.67 Å². The molecule has 3 aromatic rings. The highest BCUT2D eigenvalue weighted by atomic mass is 35.5. The van der Waals surface area contributed by atoms with Gasteiger partial charge in [0, 0.05) is 11.8 Å². The van der Waals surface area contributed by atoms with Crippen LogP contribution in [0.2, 0.25) is 10.0 Å². The lowest BCUT2D eigenvalue weighted by atomic mass is 10.2. The van der Waals surface area contributed by atoms with Crippen LogP contribution in [0.25, 0.3) is 11.4 Å². The molecule has 5 nitrogen and oxygen atoms in total. The minimum atomic E-state index is -0.534. The van der Waals surface area contributed by atoms with Crippen molar-refractivity contribution >= 4 is 23.2 Å². The fraction of sp³-hybridized carbons (Fsp3) is 0.0769. The first kappa shape index (κ1) is 13.9. The molecule has 0 amide bonds. The molecule has 0 atom stereocenters. The maximum absolute atomic E-state index is 12.8. The van der Waals surface area contributed by atoms with Crippen LogP contribution >= 0.6 is 23.2 Å². The molecule has 106 valence electrons. The van der Waals surface area contributed by atoms with Gasteiger partial charge in [-0.05, 0) is 34.2 Å². The number of rotatable bonds is 3. The van der Waals surface area contributed by atoms with Gasteiger partial charge >= 0.3 is 0 Å². The van der Waals surface area contributed by atoms with Crippen molar-refractivity contribution in [2.24, 2.45) is 0 Å². The second-order valence-corrected chi connectivity index (χ2v) is 5.04. The van der Waals surface area contributed by atoms with Gasteiger partial charge in [-0.1, -0.05) is 35.3 Å². The summed E-state index contributed by atoms with van der Waals surface area (Å²) in [5, 5.41) is 12.3. The molecule has 8 heteroatoms. The zero-order valence-electron chi connectivity index (χ0n) is 10.5. The summed E-state index contributed by atoms with van der Waals surface area (Å²) in [6.07, 6.45) is 1.43. The molecule has 0 saturated carbocycles. The first-order valence-corrected chi connectivity index (χ1v) is 6.72. The third kappa shape index (κ3) is 2.86. The molecule has 0 aliphatic carbocycles. The second-order valence-electron chi connectivity index (χ2n) is 4.25. The van der Waals surface area contributed by atoms with E-state index in [4.69, 9.17) is 23.2 Å². The Hall–Kier alpha value is -2.05. The van der Waals surface area contributed by atoms with Crippen molar-refractivity contribution < 1.29 is 4.39 Å². The highest BCUT2D eigenvalue weighted by Crippen LogP contribution is 2.32. The first-order valence-electron chi connectivity index (χ1n) is 5.96. The van der Waals surface area contributed by atoms with Crippen molar-refractivity contribution in [3.05, 3.63) is 58.1 Å². The van der Waals surface area contributed by atoms with Gasteiger partial charge in [-0.15, -0.1) is 5.10 Å². The highest BCUT2D eigenvalue weighted by molar-refractivity contribution is 6.43. The summed E-state index contributed by atoms with van der Waals surface area (Å²) < 4.78 is 14.4. The number of benzene rings is 1. The Kier molecular flexibility index (Phi) is 3.81. The van der Waals surface area contributed by atoms with Crippen LogP contribution in [-0.2, 0) is 6.54 Å². The Balaban J connectivity index is 1.97. The smallest absolute Gasteiger partial charge is 0.212 e. The van der Waals surface area contributed by atoms with Crippen LogP contribution in [0.5, 0.6) is 0 Å². The number of hydrogen-bond donors (Lipinski definition) is 0. The van der Waals surface area contributed by atoms with E-state index in [0.29, 0.717) is 28.0 Å². The number of nitrogens with zero attached hydrogens (tertiary/aromatic N) is 5. The summed E-state index contributed by atoms with van der Waals surface area (Å²) in [5.41, 5.74) is 1.40. The normalized spacial score (nSPS) is 10.8. The molecular formula is C13H8Cl2FN5. The van der Waals surface area contributed by atoms with Gasteiger partial charge in [0.15, 0.2) is 5.82 Å². The number of pyridine rings is 1. The van der Waals surface area contributed by atoms with Crippen LogP contribution in [0.4, 0.5) is 4.39 Å². The minimum Gasteiger partial charge on any atom is -0.228 e. The Bertz CT molecular complexity index is 772. The van der Waals surface area contributed by atoms with E-state index < -0.39 is 5.95 Å². The maximum Gasteiger partial charge on any atom is 0.212 e. The lowest BCUT2D eigenvalue weighted by molar-refractivity contribution is 0.579. The maximum atomic E-state index is 12.8. The minimum absolute atomic E-state index is 0.346. The van der Waals surface area contributed by atoms with Crippen LogP contribution in [0.15, 0.2) is 36.5 Å². The molecule has 2 aromatic heterocycles. The zero-order valence-corrected chi connectivity index (χ0v) is 12.1. The summed E-state index contributed by atoms with van der Waals surface area (Å²) in [4.78, 5) is 3.60. The molecular weight excluding hydrogens is 315 g/mol. The standard InChI is InChI=1S/C13H8Cl2FN5/c14-10-3-1-2-9(12(10)15)13-18-19-20-21(13)7-8-4-5-11(16)17-6-8/h1-6H,7H2/i16-1. The van der Waals surface area contributed by atoms with Gasteiger partial charge in [0.25, 0.3) is 0 Å². The average Bonchev–Trinajstić information content (AvgIpc) is 2.92. The molecule has 0 unspecified atom stereocenters. The van der Waals surface area contributed by atoms with Crippen LogP contribution in [-0.4, -0.2) is 25.2 Å². The highest BCUT2D eigenvalue weighted by Gasteiger charge is 2.14. The third-order valence-electron chi connectivity index (χ3n) is 2.85. The molecule has 0 fully saturated rings. The lowest BCUT2D eigenvalue weighted by Gasteiger charge is -2.07. The zero-order chi connectivity index (χ0) is 14.8. The summed E-state index contributed by atoms with van der Waals surface area (Å²) in [6.45, 7) is 0.346. The molecule has 0 spiro atoms. The number of tetrazole rings is 1. The number of hydrogen-bond acceptors (Lipinski definition) is 4. The van der Waals surface area contributed by atoms with E-state index in [2.05, 4.69) is 20.5 Å². The van der Waals surface area contributed by atoms with Crippen molar-refractivity contribution in [1.82, 2.24) is 25.2 Å². The van der Waals surface area contributed by atoms with Crippen LogP contribution in [0.3, 0.4) is 0 Å². The van der Waals surface area contributed by atoms with Gasteiger partial charge in [-0.2, -0.15) is 4.39 Å². The van der Waals surface area contributed by atoms with E-state index in [-0.39, 0.29) is 0 Å². The molecule has 0 radical (unpaired) electrons. The van der Waals surface area contributed by atoms with Crippen molar-refractivity contribution in [3.63, 3.8) is 0 Å². The van der Waals surface area contributed by atoms with Crippen LogP contribution < -0.4 is 0 Å². The Morgan fingerprint density at radius 1 is 1.14 bits per heavy atom. The Labute approximate surface area is 129 Å². The largest absolute Gasteiger partial charge is 0.228 e. The summed E-state index contributed by atoms with van der Waals surface area (Å²) in [7, 11) is 0. The molecule has 3 rings (SSSR count). The van der Waals surface area contributed by atoms with Gasteiger partial charge in [0.1, 0.15) is 0 Å². The molecule has 0 bridgehead atoms. The van der Waals surface area contributed by atoms with E-state index in [9.17, 15) is 4.39 Å². The van der Waals surface area contributed by atoms with Gasteiger partial charge in [0.05, 0.1) is 16.6 Å². The SMILES string of the molecule is [18F]c1ccc(Cn2nnnc2-c2cccc(Cl)c2Cl)cn1. The quantitative estimate of drug-likeness (QED) is 0.695. The van der Waals surface area contributed by atoms with E-state index in [0.717, 1.165) is 5.56 Å². The van der Waals surface area contributed by atoms with Crippen molar-refractivity contribution in [2.45, 2.75) is 6.54 Å². The second kappa shape index (κ2) is 5.75. The fourth-order valence-electron chi connectivity index (χ4n) is 1.85. The predicted molar refractivity (Wildman–Crippen MR) is 76.6 cm³/mol. The van der Waals surface area contributed by atoms with E-state index >= 15 is 0 Å². The molecule has 1 aromatic carbocycles. The van der Waals surface area contributed by atoms with E-state index in [1.165, 1.54) is 12.3 Å². The van der Waals surface area contributed by atoms with Gasteiger partial charge < -0.3 is 0 Å². The fourth-order valence-corrected chi connectivity index (χ4v) is 2.24. The summed E-state index contributed by atoms with van der Waals surface area (Å²) in [6, 6.07) is 8.13. The molecule has 0 N–H and O–H groups in total.